The molecule has 1 aliphatic rings. The van der Waals surface area contributed by atoms with Gasteiger partial charge < -0.3 is 9.64 Å². The zero-order chi connectivity index (χ0) is 24.3. The largest absolute Gasteiger partial charge is 0.497 e. The molecule has 1 aliphatic heterocycles. The summed E-state index contributed by atoms with van der Waals surface area (Å²) in [6, 6.07) is 16.5. The Morgan fingerprint density at radius 1 is 0.971 bits per heavy atom. The van der Waals surface area contributed by atoms with Gasteiger partial charge in [0.2, 0.25) is 5.91 Å². The van der Waals surface area contributed by atoms with Crippen molar-refractivity contribution in [2.24, 2.45) is 0 Å². The van der Waals surface area contributed by atoms with Crippen LogP contribution in [0.1, 0.15) is 24.4 Å². The van der Waals surface area contributed by atoms with E-state index >= 15 is 0 Å². The van der Waals surface area contributed by atoms with Gasteiger partial charge in [-0.25, -0.2) is 17.2 Å². The van der Waals surface area contributed by atoms with Gasteiger partial charge in [0.25, 0.3) is 10.0 Å². The number of likely N-dealkylation sites (tertiary alicyclic amines) is 1. The second kappa shape index (κ2) is 9.80. The quantitative estimate of drug-likeness (QED) is 0.492. The molecule has 178 valence electrons. The maximum absolute atomic E-state index is 13.5. The highest BCUT2D eigenvalue weighted by Gasteiger charge is 2.34. The van der Waals surface area contributed by atoms with Crippen LogP contribution in [-0.4, -0.2) is 39.4 Å². The van der Waals surface area contributed by atoms with Crippen LogP contribution in [0.15, 0.2) is 77.7 Å². The third-order valence-corrected chi connectivity index (χ3v) is 7.66. The van der Waals surface area contributed by atoms with Gasteiger partial charge in [0, 0.05) is 6.54 Å². The van der Waals surface area contributed by atoms with Crippen molar-refractivity contribution in [1.82, 2.24) is 4.90 Å². The molecule has 9 heteroatoms. The first kappa shape index (κ1) is 23.7. The third-order valence-electron chi connectivity index (χ3n) is 5.87. The van der Waals surface area contributed by atoms with Crippen LogP contribution in [0, 0.1) is 11.6 Å². The highest BCUT2D eigenvalue weighted by molar-refractivity contribution is 7.92. The van der Waals surface area contributed by atoms with E-state index in [4.69, 9.17) is 4.74 Å². The Kier molecular flexibility index (Phi) is 6.83. The molecule has 0 bridgehead atoms. The number of sulfonamides is 1. The maximum Gasteiger partial charge on any atom is 0.264 e. The molecule has 0 aliphatic carbocycles. The summed E-state index contributed by atoms with van der Waals surface area (Å²) in [6.07, 6.45) is 1.44. The molecule has 34 heavy (non-hydrogen) atoms. The van der Waals surface area contributed by atoms with Crippen molar-refractivity contribution in [3.05, 3.63) is 90.0 Å². The molecule has 6 nitrogen and oxygen atoms in total. The summed E-state index contributed by atoms with van der Waals surface area (Å²) < 4.78 is 60.1. The highest BCUT2D eigenvalue weighted by atomic mass is 32.2. The van der Waals surface area contributed by atoms with Gasteiger partial charge in [-0.2, -0.15) is 0 Å². The number of hydrogen-bond acceptors (Lipinski definition) is 4. The standard InChI is InChI=1S/C25H24F2N2O4S/c1-33-22-12-14-23(15-13-22)34(31,32)29(21-10-8-20(27)9-11-21)17-25(30)28-16-2-3-24(28)18-4-6-19(26)7-5-18/h4-15,24H,2-3,16-17H2,1H3. The molecule has 1 fully saturated rings. The number of amides is 1. The van der Waals surface area contributed by atoms with Crippen molar-refractivity contribution < 1.29 is 26.7 Å². The normalized spacial score (nSPS) is 15.9. The number of carbonyl (C=O) groups excluding carboxylic acids is 1. The summed E-state index contributed by atoms with van der Waals surface area (Å²) in [7, 11) is -2.67. The molecule has 0 spiro atoms. The van der Waals surface area contributed by atoms with Gasteiger partial charge in [0.1, 0.15) is 23.9 Å². The Labute approximate surface area is 197 Å². The minimum Gasteiger partial charge on any atom is -0.497 e. The zero-order valence-electron chi connectivity index (χ0n) is 18.5. The van der Waals surface area contributed by atoms with E-state index in [1.165, 1.54) is 55.6 Å². The summed E-state index contributed by atoms with van der Waals surface area (Å²) in [5.41, 5.74) is 0.960. The molecule has 1 amide bonds. The molecule has 1 saturated heterocycles. The third kappa shape index (κ3) is 4.89. The molecule has 0 radical (unpaired) electrons. The first-order valence-corrected chi connectivity index (χ1v) is 12.2. The Balaban J connectivity index is 1.66. The molecule has 3 aromatic carbocycles. The highest BCUT2D eigenvalue weighted by Crippen LogP contribution is 2.33. The maximum atomic E-state index is 13.5. The van der Waals surface area contributed by atoms with Crippen LogP contribution in [0.3, 0.4) is 0 Å². The zero-order valence-corrected chi connectivity index (χ0v) is 19.3. The van der Waals surface area contributed by atoms with Crippen LogP contribution in [0.4, 0.5) is 14.5 Å². The van der Waals surface area contributed by atoms with Gasteiger partial charge in [-0.15, -0.1) is 0 Å². The molecular formula is C25H24F2N2O4S. The second-order valence-corrected chi connectivity index (χ2v) is 9.82. The predicted molar refractivity (Wildman–Crippen MR) is 124 cm³/mol. The average Bonchev–Trinajstić information content (AvgIpc) is 3.34. The lowest BCUT2D eigenvalue weighted by atomic mass is 10.0. The van der Waals surface area contributed by atoms with Crippen molar-refractivity contribution in [1.29, 1.82) is 0 Å². The molecule has 0 saturated carbocycles. The first-order chi connectivity index (χ1) is 16.3. The second-order valence-electron chi connectivity index (χ2n) is 7.96. The van der Waals surface area contributed by atoms with E-state index in [1.54, 1.807) is 17.0 Å². The number of ether oxygens (including phenoxy) is 1. The van der Waals surface area contributed by atoms with E-state index in [0.29, 0.717) is 18.7 Å². The lowest BCUT2D eigenvalue weighted by Gasteiger charge is -2.30. The Bertz CT molecular complexity index is 1250. The molecule has 4 rings (SSSR count). The van der Waals surface area contributed by atoms with Crippen molar-refractivity contribution in [2.45, 2.75) is 23.8 Å². The van der Waals surface area contributed by atoms with Gasteiger partial charge in [-0.3, -0.25) is 9.10 Å². The van der Waals surface area contributed by atoms with Gasteiger partial charge in [0.15, 0.2) is 0 Å². The number of benzene rings is 3. The van der Waals surface area contributed by atoms with Crippen LogP contribution in [-0.2, 0) is 14.8 Å². The average molecular weight is 487 g/mol. The molecule has 0 N–H and O–H groups in total. The molecular weight excluding hydrogens is 462 g/mol. The van der Waals surface area contributed by atoms with Crippen molar-refractivity contribution in [2.75, 3.05) is 24.5 Å². The summed E-state index contributed by atoms with van der Waals surface area (Å²) in [4.78, 5) is 15.0. The number of methoxy groups -OCH3 is 1. The first-order valence-electron chi connectivity index (χ1n) is 10.8. The van der Waals surface area contributed by atoms with E-state index in [0.717, 1.165) is 28.4 Å². The van der Waals surface area contributed by atoms with Gasteiger partial charge in [-0.05, 0) is 79.1 Å². The van der Waals surface area contributed by atoms with E-state index in [-0.39, 0.29) is 22.4 Å². The monoisotopic (exact) mass is 486 g/mol. The SMILES string of the molecule is COc1ccc(S(=O)(=O)N(CC(=O)N2CCCC2c2ccc(F)cc2)c2ccc(F)cc2)cc1. The summed E-state index contributed by atoms with van der Waals surface area (Å²) in [5, 5.41) is 0. The minimum atomic E-state index is -4.15. The Morgan fingerprint density at radius 3 is 2.15 bits per heavy atom. The lowest BCUT2D eigenvalue weighted by molar-refractivity contribution is -0.130. The predicted octanol–water partition coefficient (Wildman–Crippen LogP) is 4.53. The van der Waals surface area contributed by atoms with Crippen LogP contribution in [0.25, 0.3) is 0 Å². The van der Waals surface area contributed by atoms with Crippen LogP contribution in [0.2, 0.25) is 0 Å². The number of hydrogen-bond donors (Lipinski definition) is 0. The van der Waals surface area contributed by atoms with E-state index in [2.05, 4.69) is 0 Å². The molecule has 1 heterocycles. The van der Waals surface area contributed by atoms with Crippen molar-refractivity contribution >= 4 is 21.6 Å². The molecule has 3 aromatic rings. The van der Waals surface area contributed by atoms with Crippen molar-refractivity contribution in [3.63, 3.8) is 0 Å². The fourth-order valence-electron chi connectivity index (χ4n) is 4.11. The lowest BCUT2D eigenvalue weighted by Crippen LogP contribution is -2.42. The smallest absolute Gasteiger partial charge is 0.264 e. The molecule has 1 atom stereocenters. The van der Waals surface area contributed by atoms with E-state index in [9.17, 15) is 22.0 Å². The number of nitrogens with zero attached hydrogens (tertiary/aromatic N) is 2. The van der Waals surface area contributed by atoms with Crippen LogP contribution < -0.4 is 9.04 Å². The minimum absolute atomic E-state index is 0.0260. The Morgan fingerprint density at radius 2 is 1.56 bits per heavy atom. The molecule has 1 unspecified atom stereocenters. The number of anilines is 1. The number of rotatable bonds is 7. The summed E-state index contributed by atoms with van der Waals surface area (Å²) in [5.74, 6) is -0.795. The van der Waals surface area contributed by atoms with Gasteiger partial charge in [-0.1, -0.05) is 12.1 Å². The topological polar surface area (TPSA) is 66.9 Å². The fourth-order valence-corrected chi connectivity index (χ4v) is 5.52. The van der Waals surface area contributed by atoms with Crippen LogP contribution in [0.5, 0.6) is 5.75 Å². The van der Waals surface area contributed by atoms with Gasteiger partial charge in [0.05, 0.1) is 23.7 Å². The molecule has 0 aromatic heterocycles. The van der Waals surface area contributed by atoms with Gasteiger partial charge >= 0.3 is 0 Å². The summed E-state index contributed by atoms with van der Waals surface area (Å²) in [6.45, 7) is -0.00158. The van der Waals surface area contributed by atoms with E-state index in [1.807, 2.05) is 0 Å². The summed E-state index contributed by atoms with van der Waals surface area (Å²) >= 11 is 0. The van der Waals surface area contributed by atoms with Crippen molar-refractivity contribution in [3.8, 4) is 5.75 Å². The Hall–Kier alpha value is -3.46. The van der Waals surface area contributed by atoms with E-state index < -0.39 is 28.3 Å². The fraction of sp³-hybridized carbons (Fsp3) is 0.240. The van der Waals surface area contributed by atoms with Crippen LogP contribution >= 0.6 is 0 Å². The number of carbonyl (C=O) groups is 1. The number of halogens is 2.